The van der Waals surface area contributed by atoms with Gasteiger partial charge in [-0.3, -0.25) is 0 Å². The predicted molar refractivity (Wildman–Crippen MR) is 79.4 cm³/mol. The van der Waals surface area contributed by atoms with Gasteiger partial charge in [-0.2, -0.15) is 13.2 Å². The minimum atomic E-state index is -5.64. The van der Waals surface area contributed by atoms with E-state index in [1.54, 1.807) is 0 Å². The van der Waals surface area contributed by atoms with Crippen molar-refractivity contribution in [3.05, 3.63) is 58.2 Å². The molecular weight excluding hydrogens is 414 g/mol. The van der Waals surface area contributed by atoms with E-state index in [1.807, 2.05) is 0 Å². The molecule has 0 aliphatic rings. The molecule has 0 fully saturated rings. The zero-order valence-corrected chi connectivity index (χ0v) is 16.5. The smallest absolute Gasteiger partial charge is 0.422 e. The summed E-state index contributed by atoms with van der Waals surface area (Å²) in [5, 5.41) is 20.4. The molecule has 2 rings (SSSR count). The van der Waals surface area contributed by atoms with Crippen molar-refractivity contribution < 1.29 is 45.7 Å². The number of carboxylic acid groups (broad SMARTS) is 1. The number of halogens is 7. The molecule has 0 atom stereocenters. The average Bonchev–Trinajstić information content (AvgIpc) is 2.53. The number of nitrogens with one attached hydrogen (secondary N) is 1. The summed E-state index contributed by atoms with van der Waals surface area (Å²) in [4.78, 5) is 10.9. The molecule has 0 aliphatic carbocycles. The molecule has 0 unspecified atom stereocenters. The second kappa shape index (κ2) is 8.77. The van der Waals surface area contributed by atoms with E-state index in [0.717, 1.165) is 18.2 Å². The number of aromatic hydroxyl groups is 1. The van der Waals surface area contributed by atoms with Gasteiger partial charge in [0.2, 0.25) is 0 Å². The fourth-order valence-corrected chi connectivity index (χ4v) is 2.09. The van der Waals surface area contributed by atoms with Crippen molar-refractivity contribution in [3.8, 4) is 5.75 Å². The van der Waals surface area contributed by atoms with Crippen LogP contribution in [-0.4, -0.2) is 67.6 Å². The maximum absolute atomic E-state index is 13.8. The molecule has 0 aromatic heterocycles. The Kier molecular flexibility index (Phi) is 7.70. The summed E-state index contributed by atoms with van der Waals surface area (Å²) in [6.45, 7) is -0.993. The van der Waals surface area contributed by atoms with Crippen LogP contribution in [0.4, 0.5) is 36.4 Å². The molecule has 2 aromatic rings. The van der Waals surface area contributed by atoms with Gasteiger partial charge in [-0.25, -0.2) is 22.4 Å². The van der Waals surface area contributed by atoms with Crippen molar-refractivity contribution in [2.24, 2.45) is 0 Å². The van der Waals surface area contributed by atoms with Gasteiger partial charge in [-0.05, 0) is 18.2 Å². The van der Waals surface area contributed by atoms with E-state index in [0.29, 0.717) is 0 Å². The Morgan fingerprint density at radius 1 is 1.00 bits per heavy atom. The first-order valence-electron chi connectivity index (χ1n) is 6.67. The fraction of sp³-hybridized carbons (Fsp3) is 0.133. The average molecular weight is 422 g/mol. The molecule has 0 bridgehead atoms. The van der Waals surface area contributed by atoms with Gasteiger partial charge in [0.05, 0.1) is 0 Å². The number of carbonyl (C=O) groups is 1. The summed E-state index contributed by atoms with van der Waals surface area (Å²) in [7, 11) is 0. The van der Waals surface area contributed by atoms with Crippen LogP contribution in [0.25, 0.3) is 0 Å². The van der Waals surface area contributed by atoms with E-state index in [2.05, 4.69) is 5.32 Å². The summed E-state index contributed by atoms with van der Waals surface area (Å²) in [6.07, 6.45) is -5.64. The first-order chi connectivity index (χ1) is 11.9. The zero-order valence-electron chi connectivity index (χ0n) is 13.4. The van der Waals surface area contributed by atoms with E-state index < -0.39 is 64.4 Å². The maximum Gasteiger partial charge on any atom is 0.422 e. The Morgan fingerprint density at radius 3 is 1.96 bits per heavy atom. The Hall–Kier alpha value is -1.34. The van der Waals surface area contributed by atoms with Crippen LogP contribution in [0, 0.1) is 23.3 Å². The molecule has 4 nitrogen and oxygen atoms in total. The summed E-state index contributed by atoms with van der Waals surface area (Å²) < 4.78 is 92.0. The van der Waals surface area contributed by atoms with Crippen molar-refractivity contribution in [2.75, 3.05) is 5.32 Å². The minimum absolute atomic E-state index is 0. The molecule has 12 heteroatoms. The van der Waals surface area contributed by atoms with Crippen molar-refractivity contribution in [1.29, 1.82) is 0 Å². The van der Waals surface area contributed by atoms with E-state index in [-0.39, 0.29) is 57.1 Å². The van der Waals surface area contributed by atoms with Gasteiger partial charge in [0.15, 0.2) is 23.3 Å². The normalized spacial score (nSPS) is 11.1. The molecular formula is C15H8F7KNO3. The summed E-state index contributed by atoms with van der Waals surface area (Å²) >= 11 is 0. The molecule has 0 spiro atoms. The maximum atomic E-state index is 13.8. The third kappa shape index (κ3) is 4.93. The van der Waals surface area contributed by atoms with E-state index in [1.165, 1.54) is 0 Å². The van der Waals surface area contributed by atoms with Crippen LogP contribution in [0.1, 0.15) is 21.5 Å². The molecule has 0 heterocycles. The Balaban J connectivity index is 0.00000364. The van der Waals surface area contributed by atoms with Crippen molar-refractivity contribution in [1.82, 2.24) is 0 Å². The third-order valence-corrected chi connectivity index (χ3v) is 3.33. The molecule has 0 saturated heterocycles. The van der Waals surface area contributed by atoms with Crippen molar-refractivity contribution in [2.45, 2.75) is 12.7 Å². The van der Waals surface area contributed by atoms with Gasteiger partial charge >= 0.3 is 12.1 Å². The number of carboxylic acids is 1. The van der Waals surface area contributed by atoms with E-state index in [9.17, 15) is 40.6 Å². The summed E-state index contributed by atoms with van der Waals surface area (Å²) in [5.41, 5.74) is -4.74. The summed E-state index contributed by atoms with van der Waals surface area (Å²) in [5.74, 6) is -11.8. The van der Waals surface area contributed by atoms with Crippen LogP contribution < -0.4 is 5.32 Å². The first-order valence-corrected chi connectivity index (χ1v) is 6.67. The van der Waals surface area contributed by atoms with Gasteiger partial charge in [0.1, 0.15) is 16.9 Å². The number of aromatic carboxylic acids is 1. The standard InChI is InChI=1S/C15H8F7NO3.K/c16-10-7(11(17)13(19)9(12(10)18)15(20,21)22)4-23-5-1-2-8(24)6(3-5)14(25)26;/h1-3,23-24H,4H2,(H,25,26);. The monoisotopic (exact) mass is 422 g/mol. The largest absolute Gasteiger partial charge is 0.507 e. The summed E-state index contributed by atoms with van der Waals surface area (Å²) in [6, 6.07) is 2.85. The second-order valence-corrected chi connectivity index (χ2v) is 5.00. The van der Waals surface area contributed by atoms with Gasteiger partial charge in [-0.1, -0.05) is 0 Å². The number of benzene rings is 2. The minimum Gasteiger partial charge on any atom is -0.507 e. The fourth-order valence-electron chi connectivity index (χ4n) is 2.09. The number of phenols is 1. The molecule has 27 heavy (non-hydrogen) atoms. The Morgan fingerprint density at radius 2 is 1.52 bits per heavy atom. The molecule has 0 saturated carbocycles. The molecule has 141 valence electrons. The quantitative estimate of drug-likeness (QED) is 0.303. The molecule has 0 amide bonds. The number of alkyl halides is 3. The molecule has 0 aliphatic heterocycles. The predicted octanol–water partition coefficient (Wildman–Crippen LogP) is 3.90. The van der Waals surface area contributed by atoms with Crippen LogP contribution >= 0.6 is 0 Å². The van der Waals surface area contributed by atoms with E-state index >= 15 is 0 Å². The SMILES string of the molecule is O=C(O)c1cc(NCc2c(F)c(F)c(C(F)(F)F)c(F)c2F)ccc1O.[K]. The topological polar surface area (TPSA) is 69.6 Å². The van der Waals surface area contributed by atoms with Gasteiger partial charge in [-0.15, -0.1) is 0 Å². The first kappa shape index (κ1) is 23.7. The van der Waals surface area contributed by atoms with Gasteiger partial charge < -0.3 is 15.5 Å². The Labute approximate surface area is 189 Å². The van der Waals surface area contributed by atoms with Crippen LogP contribution in [0.2, 0.25) is 0 Å². The molecule has 3 N–H and O–H groups in total. The third-order valence-electron chi connectivity index (χ3n) is 3.33. The Bertz CT molecular complexity index is 858. The second-order valence-electron chi connectivity index (χ2n) is 5.00. The van der Waals surface area contributed by atoms with Crippen LogP contribution in [0.3, 0.4) is 0 Å². The molecule has 2 aromatic carbocycles. The number of rotatable bonds is 4. The van der Waals surface area contributed by atoms with Crippen molar-refractivity contribution in [3.63, 3.8) is 0 Å². The number of anilines is 1. The zero-order chi connectivity index (χ0) is 19.8. The van der Waals surface area contributed by atoms with Gasteiger partial charge in [0.25, 0.3) is 0 Å². The van der Waals surface area contributed by atoms with E-state index in [4.69, 9.17) is 5.11 Å². The van der Waals surface area contributed by atoms with Crippen LogP contribution in [0.5, 0.6) is 5.75 Å². The van der Waals surface area contributed by atoms with Crippen LogP contribution in [0.15, 0.2) is 18.2 Å². The van der Waals surface area contributed by atoms with Crippen LogP contribution in [-0.2, 0) is 12.7 Å². The van der Waals surface area contributed by atoms with Crippen molar-refractivity contribution >= 4 is 63.0 Å². The van der Waals surface area contributed by atoms with Gasteiger partial charge in [0, 0.05) is 69.2 Å². The molecule has 1 radical (unpaired) electrons. The number of hydrogen-bond donors (Lipinski definition) is 3. The number of hydrogen-bond acceptors (Lipinski definition) is 3.